The van der Waals surface area contributed by atoms with Gasteiger partial charge in [-0.15, -0.1) is 0 Å². The molecule has 3 heteroatoms. The third-order valence-corrected chi connectivity index (χ3v) is 3.75. The smallest absolute Gasteiger partial charge is 0.125 e. The number of likely N-dealkylation sites (tertiary alicyclic amines) is 1. The second kappa shape index (κ2) is 5.29. The highest BCUT2D eigenvalue weighted by Crippen LogP contribution is 2.39. The van der Waals surface area contributed by atoms with E-state index in [4.69, 9.17) is 4.74 Å². The lowest BCUT2D eigenvalue weighted by molar-refractivity contribution is 0.0453. The van der Waals surface area contributed by atoms with Gasteiger partial charge in [-0.2, -0.15) is 0 Å². The van der Waals surface area contributed by atoms with Gasteiger partial charge in [-0.1, -0.05) is 25.1 Å². The molecule has 1 N–H and O–H groups in total. The summed E-state index contributed by atoms with van der Waals surface area (Å²) in [4.78, 5) is 2.19. The summed E-state index contributed by atoms with van der Waals surface area (Å²) in [7, 11) is 2.05. The van der Waals surface area contributed by atoms with Crippen LogP contribution in [0.2, 0.25) is 0 Å². The summed E-state index contributed by atoms with van der Waals surface area (Å²) in [5.41, 5.74) is 0.146. The van der Waals surface area contributed by atoms with Gasteiger partial charge in [-0.25, -0.2) is 0 Å². The minimum Gasteiger partial charge on any atom is -0.493 e. The second-order valence-electron chi connectivity index (χ2n) is 5.34. The summed E-state index contributed by atoms with van der Waals surface area (Å²) < 4.78 is 5.76. The van der Waals surface area contributed by atoms with E-state index < -0.39 is 5.60 Å². The molecule has 2 unspecified atom stereocenters. The molecule has 1 aliphatic rings. The lowest BCUT2D eigenvalue weighted by Crippen LogP contribution is -2.30. The summed E-state index contributed by atoms with van der Waals surface area (Å²) in [6.45, 7) is 5.59. The van der Waals surface area contributed by atoms with Crippen molar-refractivity contribution in [1.82, 2.24) is 4.90 Å². The summed E-state index contributed by atoms with van der Waals surface area (Å²) in [5, 5.41) is 10.9. The Morgan fingerprint density at radius 2 is 2.17 bits per heavy atom. The molecule has 3 nitrogen and oxygen atoms in total. The zero-order valence-electron chi connectivity index (χ0n) is 11.5. The van der Waals surface area contributed by atoms with E-state index in [9.17, 15) is 5.11 Å². The van der Waals surface area contributed by atoms with Gasteiger partial charge in [0.2, 0.25) is 0 Å². The number of hydrogen-bond acceptors (Lipinski definition) is 3. The van der Waals surface area contributed by atoms with Crippen molar-refractivity contribution < 1.29 is 9.84 Å². The molecule has 2 rings (SSSR count). The van der Waals surface area contributed by atoms with Crippen LogP contribution in [0.5, 0.6) is 5.75 Å². The number of ether oxygens (including phenoxy) is 1. The summed E-state index contributed by atoms with van der Waals surface area (Å²) in [5.74, 6) is 0.823. The van der Waals surface area contributed by atoms with Crippen LogP contribution in [0.4, 0.5) is 0 Å². The zero-order chi connectivity index (χ0) is 13.2. The number of rotatable bonds is 4. The SMILES string of the molecule is CCCOc1ccccc1C1(O)CC(C)N(C)C1. The lowest BCUT2D eigenvalue weighted by Gasteiger charge is -2.25. The topological polar surface area (TPSA) is 32.7 Å². The Morgan fingerprint density at radius 1 is 1.44 bits per heavy atom. The molecule has 0 aromatic heterocycles. The minimum atomic E-state index is -0.779. The fourth-order valence-electron chi connectivity index (χ4n) is 2.66. The van der Waals surface area contributed by atoms with Crippen molar-refractivity contribution in [2.24, 2.45) is 0 Å². The molecular weight excluding hydrogens is 226 g/mol. The van der Waals surface area contributed by atoms with E-state index in [0.29, 0.717) is 19.2 Å². The molecule has 1 heterocycles. The van der Waals surface area contributed by atoms with Crippen LogP contribution in [0.15, 0.2) is 24.3 Å². The molecule has 0 radical (unpaired) electrons. The van der Waals surface area contributed by atoms with E-state index in [1.807, 2.05) is 24.3 Å². The molecule has 1 aromatic carbocycles. The Hall–Kier alpha value is -1.06. The predicted octanol–water partition coefficient (Wildman–Crippen LogP) is 2.39. The first kappa shape index (κ1) is 13.4. The fraction of sp³-hybridized carbons (Fsp3) is 0.600. The van der Waals surface area contributed by atoms with Crippen LogP contribution >= 0.6 is 0 Å². The highest BCUT2D eigenvalue weighted by Gasteiger charge is 2.41. The Balaban J connectivity index is 2.27. The number of nitrogens with zero attached hydrogens (tertiary/aromatic N) is 1. The molecule has 18 heavy (non-hydrogen) atoms. The van der Waals surface area contributed by atoms with E-state index >= 15 is 0 Å². The van der Waals surface area contributed by atoms with E-state index in [2.05, 4.69) is 25.8 Å². The molecule has 2 atom stereocenters. The van der Waals surface area contributed by atoms with Crippen LogP contribution in [0.1, 0.15) is 32.3 Å². The van der Waals surface area contributed by atoms with Gasteiger partial charge in [-0.05, 0) is 32.9 Å². The van der Waals surface area contributed by atoms with Crippen molar-refractivity contribution in [2.75, 3.05) is 20.2 Å². The monoisotopic (exact) mass is 249 g/mol. The Morgan fingerprint density at radius 3 is 2.78 bits per heavy atom. The number of β-amino-alcohol motifs (C(OH)–C–C–N with tert-alkyl or cyclic N) is 1. The van der Waals surface area contributed by atoms with Crippen LogP contribution in [-0.4, -0.2) is 36.2 Å². The third-order valence-electron chi connectivity index (χ3n) is 3.75. The predicted molar refractivity (Wildman–Crippen MR) is 72.8 cm³/mol. The number of benzene rings is 1. The van der Waals surface area contributed by atoms with E-state index in [0.717, 1.165) is 24.2 Å². The first-order valence-electron chi connectivity index (χ1n) is 6.72. The molecule has 0 aliphatic carbocycles. The molecule has 0 bridgehead atoms. The van der Waals surface area contributed by atoms with Crippen molar-refractivity contribution >= 4 is 0 Å². The standard InChI is InChI=1S/C15H23NO2/c1-4-9-18-14-8-6-5-7-13(14)15(17)10-12(2)16(3)11-15/h5-8,12,17H,4,9-11H2,1-3H3. The summed E-state index contributed by atoms with van der Waals surface area (Å²) in [6.07, 6.45) is 1.74. The van der Waals surface area contributed by atoms with Crippen molar-refractivity contribution in [1.29, 1.82) is 0 Å². The van der Waals surface area contributed by atoms with Gasteiger partial charge in [0.15, 0.2) is 0 Å². The highest BCUT2D eigenvalue weighted by molar-refractivity contribution is 5.39. The lowest BCUT2D eigenvalue weighted by atomic mass is 9.90. The number of para-hydroxylation sites is 1. The van der Waals surface area contributed by atoms with Crippen molar-refractivity contribution in [3.8, 4) is 5.75 Å². The van der Waals surface area contributed by atoms with Crippen molar-refractivity contribution in [3.05, 3.63) is 29.8 Å². The molecule has 1 aromatic rings. The number of aliphatic hydroxyl groups is 1. The normalized spacial score (nSPS) is 28.6. The molecule has 1 fully saturated rings. The van der Waals surface area contributed by atoms with Crippen molar-refractivity contribution in [2.45, 2.75) is 38.3 Å². The second-order valence-corrected chi connectivity index (χ2v) is 5.34. The van der Waals surface area contributed by atoms with Gasteiger partial charge in [0.25, 0.3) is 0 Å². The number of likely N-dealkylation sites (N-methyl/N-ethyl adjacent to an activating group) is 1. The molecule has 100 valence electrons. The van der Waals surface area contributed by atoms with Gasteiger partial charge in [0, 0.05) is 18.2 Å². The van der Waals surface area contributed by atoms with Gasteiger partial charge < -0.3 is 14.7 Å². The molecule has 1 aliphatic heterocycles. The molecule has 1 saturated heterocycles. The van der Waals surface area contributed by atoms with Crippen molar-refractivity contribution in [3.63, 3.8) is 0 Å². The maximum Gasteiger partial charge on any atom is 0.125 e. The quantitative estimate of drug-likeness (QED) is 0.889. The van der Waals surface area contributed by atoms with Crippen LogP contribution in [0.3, 0.4) is 0 Å². The maximum atomic E-state index is 10.9. The fourth-order valence-corrected chi connectivity index (χ4v) is 2.66. The molecule has 0 saturated carbocycles. The van der Waals surface area contributed by atoms with Crippen LogP contribution in [0.25, 0.3) is 0 Å². The van der Waals surface area contributed by atoms with Gasteiger partial charge in [0.1, 0.15) is 11.4 Å². The first-order chi connectivity index (χ1) is 8.57. The Bertz CT molecular complexity index is 395. The van der Waals surface area contributed by atoms with E-state index in [-0.39, 0.29) is 0 Å². The van der Waals surface area contributed by atoms with Crippen LogP contribution in [0, 0.1) is 0 Å². The van der Waals surface area contributed by atoms with E-state index in [1.54, 1.807) is 0 Å². The molecule has 0 amide bonds. The van der Waals surface area contributed by atoms with Gasteiger partial charge >= 0.3 is 0 Å². The third kappa shape index (κ3) is 2.52. The first-order valence-corrected chi connectivity index (χ1v) is 6.72. The Labute approximate surface area is 109 Å². The average molecular weight is 249 g/mol. The summed E-state index contributed by atoms with van der Waals surface area (Å²) in [6, 6.07) is 8.26. The molecule has 0 spiro atoms. The maximum absolute atomic E-state index is 10.9. The largest absolute Gasteiger partial charge is 0.493 e. The Kier molecular flexibility index (Phi) is 3.93. The zero-order valence-corrected chi connectivity index (χ0v) is 11.5. The minimum absolute atomic E-state index is 0.397. The number of hydrogen-bond donors (Lipinski definition) is 1. The van der Waals surface area contributed by atoms with Crippen LogP contribution in [-0.2, 0) is 5.60 Å². The van der Waals surface area contributed by atoms with Gasteiger partial charge in [-0.3, -0.25) is 0 Å². The summed E-state index contributed by atoms with van der Waals surface area (Å²) >= 11 is 0. The van der Waals surface area contributed by atoms with Gasteiger partial charge in [0.05, 0.1) is 6.61 Å². The highest BCUT2D eigenvalue weighted by atomic mass is 16.5. The van der Waals surface area contributed by atoms with E-state index in [1.165, 1.54) is 0 Å². The molecular formula is C15H23NO2. The average Bonchev–Trinajstić information content (AvgIpc) is 2.62. The van der Waals surface area contributed by atoms with Crippen LogP contribution < -0.4 is 4.74 Å².